The van der Waals surface area contributed by atoms with Crippen LogP contribution in [0.3, 0.4) is 0 Å². The molecule has 0 fully saturated rings. The number of unbranched alkanes of at least 4 members (excludes halogenated alkanes) is 14. The van der Waals surface area contributed by atoms with Crippen molar-refractivity contribution in [3.05, 3.63) is 0 Å². The van der Waals surface area contributed by atoms with Crippen LogP contribution in [0.2, 0.25) is 0 Å². The Kier molecular flexibility index (Phi) is 25.0. The summed E-state index contributed by atoms with van der Waals surface area (Å²) in [5.74, 6) is 0.0950. The lowest BCUT2D eigenvalue weighted by Crippen LogP contribution is -2.41. The van der Waals surface area contributed by atoms with Crippen LogP contribution < -0.4 is 0 Å². The molecule has 3 atom stereocenters. The molecule has 0 amide bonds. The fourth-order valence-electron chi connectivity index (χ4n) is 6.74. The van der Waals surface area contributed by atoms with Gasteiger partial charge in [0.25, 0.3) is 0 Å². The van der Waals surface area contributed by atoms with E-state index in [0.29, 0.717) is 18.3 Å². The van der Waals surface area contributed by atoms with Crippen LogP contribution >= 0.6 is 0 Å². The minimum Gasteiger partial charge on any atom is -0.481 e. The average Bonchev–Trinajstić information content (AvgIpc) is 2.93. The highest BCUT2D eigenvalue weighted by Gasteiger charge is 2.45. The molecule has 4 nitrogen and oxygen atoms in total. The van der Waals surface area contributed by atoms with Gasteiger partial charge in [0.2, 0.25) is 0 Å². The molecule has 0 aliphatic carbocycles. The van der Waals surface area contributed by atoms with Crippen LogP contribution in [0.15, 0.2) is 0 Å². The lowest BCUT2D eigenvalue weighted by Gasteiger charge is -2.40. The molecule has 4 heteroatoms. The zero-order valence-electron chi connectivity index (χ0n) is 27.6. The Balaban J connectivity index is 4.57. The topological polar surface area (TPSA) is 74.6 Å². The minimum absolute atomic E-state index is 0.237. The summed E-state index contributed by atoms with van der Waals surface area (Å²) in [5, 5.41) is 19.4. The smallest absolute Gasteiger partial charge is 0.309 e. The van der Waals surface area contributed by atoms with E-state index in [0.717, 1.165) is 51.4 Å². The Morgan fingerprint density at radius 3 is 1.25 bits per heavy atom. The zero-order chi connectivity index (χ0) is 30.1. The van der Waals surface area contributed by atoms with E-state index < -0.39 is 17.4 Å². The number of carbonyl (C=O) groups is 2. The van der Waals surface area contributed by atoms with Crippen molar-refractivity contribution in [3.63, 3.8) is 0 Å². The third-order valence-electron chi connectivity index (χ3n) is 9.79. The Morgan fingerprint density at radius 2 is 0.925 bits per heavy atom. The average molecular weight is 567 g/mol. The van der Waals surface area contributed by atoms with E-state index in [9.17, 15) is 14.7 Å². The number of carboxylic acids is 2. The highest BCUT2D eigenvalue weighted by Crippen LogP contribution is 2.46. The molecule has 0 heterocycles. The third kappa shape index (κ3) is 18.4. The van der Waals surface area contributed by atoms with E-state index in [4.69, 9.17) is 5.11 Å². The van der Waals surface area contributed by atoms with Gasteiger partial charge in [-0.15, -0.1) is 0 Å². The van der Waals surface area contributed by atoms with Gasteiger partial charge < -0.3 is 10.2 Å². The van der Waals surface area contributed by atoms with Crippen LogP contribution in [0, 0.1) is 23.2 Å². The Labute approximate surface area is 249 Å². The number of carboxylic acid groups (broad SMARTS) is 2. The molecule has 40 heavy (non-hydrogen) atoms. The molecule has 0 spiro atoms. The predicted molar refractivity (Wildman–Crippen MR) is 172 cm³/mol. The van der Waals surface area contributed by atoms with E-state index in [1.54, 1.807) is 0 Å². The van der Waals surface area contributed by atoms with Crippen molar-refractivity contribution in [1.29, 1.82) is 0 Å². The standard InChI is InChI=1S/C36H70O4/c1-6-10-26-32(8-3)29-36(35(39)40,30-33(9-4)27-11-7-2)31(5)25-23-21-19-17-15-13-12-14-16-18-20-22-24-28-34(37)38/h31-33H,6-30H2,1-5H3,(H,37,38)(H,39,40). The maximum Gasteiger partial charge on any atom is 0.309 e. The van der Waals surface area contributed by atoms with Crippen molar-refractivity contribution in [1.82, 2.24) is 0 Å². The first-order chi connectivity index (χ1) is 19.3. The van der Waals surface area contributed by atoms with Crippen molar-refractivity contribution >= 4 is 11.9 Å². The summed E-state index contributed by atoms with van der Waals surface area (Å²) in [5.41, 5.74) is -0.570. The zero-order valence-corrected chi connectivity index (χ0v) is 27.6. The van der Waals surface area contributed by atoms with Crippen LogP contribution in [-0.2, 0) is 9.59 Å². The van der Waals surface area contributed by atoms with Crippen LogP contribution in [0.4, 0.5) is 0 Å². The van der Waals surface area contributed by atoms with Crippen molar-refractivity contribution in [2.75, 3.05) is 0 Å². The van der Waals surface area contributed by atoms with Gasteiger partial charge in [-0.1, -0.05) is 163 Å². The molecule has 0 bridgehead atoms. The van der Waals surface area contributed by atoms with Crippen molar-refractivity contribution in [2.45, 2.75) is 195 Å². The van der Waals surface area contributed by atoms with Crippen molar-refractivity contribution in [2.24, 2.45) is 23.2 Å². The molecule has 0 aliphatic rings. The number of aliphatic carboxylic acids is 2. The lowest BCUT2D eigenvalue weighted by atomic mass is 9.63. The van der Waals surface area contributed by atoms with E-state index in [1.807, 2.05) is 0 Å². The first-order valence-corrected chi connectivity index (χ1v) is 17.7. The molecule has 0 aromatic carbocycles. The van der Waals surface area contributed by atoms with Crippen LogP contribution in [0.5, 0.6) is 0 Å². The maximum absolute atomic E-state index is 13.1. The molecule has 2 N–H and O–H groups in total. The van der Waals surface area contributed by atoms with Gasteiger partial charge in [0.1, 0.15) is 0 Å². The minimum atomic E-state index is -0.672. The van der Waals surface area contributed by atoms with E-state index in [1.165, 1.54) is 103 Å². The van der Waals surface area contributed by atoms with Gasteiger partial charge in [0.15, 0.2) is 0 Å². The molecule has 238 valence electrons. The number of hydrogen-bond acceptors (Lipinski definition) is 2. The summed E-state index contributed by atoms with van der Waals surface area (Å²) in [6.07, 6.45) is 28.3. The molecule has 3 unspecified atom stereocenters. The van der Waals surface area contributed by atoms with Crippen LogP contribution in [-0.4, -0.2) is 22.2 Å². The molecule has 0 aromatic heterocycles. The second-order valence-electron chi connectivity index (χ2n) is 13.1. The summed E-state index contributed by atoms with van der Waals surface area (Å²) in [4.78, 5) is 23.6. The number of hydrogen-bond donors (Lipinski definition) is 2. The SMILES string of the molecule is CCCCC(CC)CC(CC(CC)CCCC)(C(=O)O)C(C)CCCCCCCCCCCCCCCC(=O)O. The summed E-state index contributed by atoms with van der Waals surface area (Å²) in [6.45, 7) is 11.3. The van der Waals surface area contributed by atoms with Crippen LogP contribution in [0.25, 0.3) is 0 Å². The summed E-state index contributed by atoms with van der Waals surface area (Å²) < 4.78 is 0. The van der Waals surface area contributed by atoms with Crippen molar-refractivity contribution in [3.8, 4) is 0 Å². The van der Waals surface area contributed by atoms with Gasteiger partial charge in [0, 0.05) is 6.42 Å². The van der Waals surface area contributed by atoms with Gasteiger partial charge in [0.05, 0.1) is 5.41 Å². The van der Waals surface area contributed by atoms with E-state index in [-0.39, 0.29) is 5.92 Å². The van der Waals surface area contributed by atoms with Crippen LogP contribution in [0.1, 0.15) is 195 Å². The summed E-state index contributed by atoms with van der Waals surface area (Å²) >= 11 is 0. The molecule has 0 rings (SSSR count). The van der Waals surface area contributed by atoms with Gasteiger partial charge >= 0.3 is 11.9 Å². The summed E-state index contributed by atoms with van der Waals surface area (Å²) in [6, 6.07) is 0. The Bertz CT molecular complexity index is 584. The number of rotatable bonds is 30. The quantitative estimate of drug-likeness (QED) is 0.0848. The molecule has 0 saturated heterocycles. The lowest BCUT2D eigenvalue weighted by molar-refractivity contribution is -0.156. The molecular formula is C36H70O4. The van der Waals surface area contributed by atoms with Crippen molar-refractivity contribution < 1.29 is 19.8 Å². The molecule has 0 aliphatic heterocycles. The first-order valence-electron chi connectivity index (χ1n) is 17.7. The van der Waals surface area contributed by atoms with Gasteiger partial charge in [-0.05, 0) is 43.4 Å². The summed E-state index contributed by atoms with van der Waals surface area (Å²) in [7, 11) is 0. The Morgan fingerprint density at radius 1 is 0.550 bits per heavy atom. The monoisotopic (exact) mass is 567 g/mol. The van der Waals surface area contributed by atoms with Gasteiger partial charge in [-0.3, -0.25) is 9.59 Å². The predicted octanol–water partition coefficient (Wildman–Crippen LogP) is 11.8. The Hall–Kier alpha value is -1.06. The molecule has 0 radical (unpaired) electrons. The highest BCUT2D eigenvalue weighted by molar-refractivity contribution is 5.75. The third-order valence-corrected chi connectivity index (χ3v) is 9.79. The van der Waals surface area contributed by atoms with Gasteiger partial charge in [-0.25, -0.2) is 0 Å². The van der Waals surface area contributed by atoms with E-state index >= 15 is 0 Å². The highest BCUT2D eigenvalue weighted by atomic mass is 16.4. The molecular weight excluding hydrogens is 496 g/mol. The fourth-order valence-corrected chi connectivity index (χ4v) is 6.74. The van der Waals surface area contributed by atoms with E-state index in [2.05, 4.69) is 34.6 Å². The first kappa shape index (κ1) is 38.9. The molecule has 0 aromatic rings. The van der Waals surface area contributed by atoms with Gasteiger partial charge in [-0.2, -0.15) is 0 Å². The second kappa shape index (κ2) is 25.6. The molecule has 0 saturated carbocycles. The second-order valence-corrected chi connectivity index (χ2v) is 13.1. The largest absolute Gasteiger partial charge is 0.481 e. The normalized spacial score (nSPS) is 15.4. The fraction of sp³-hybridized carbons (Fsp3) is 0.944. The maximum atomic E-state index is 13.1.